The van der Waals surface area contributed by atoms with E-state index in [0.29, 0.717) is 45.9 Å². The molecule has 8 nitrogen and oxygen atoms in total. The Morgan fingerprint density at radius 1 is 1.05 bits per heavy atom. The standard InChI is InChI=1S/C36H41NO7/c1-33(2)12-6-13-34(3)27(33)11-14-35-17-22(9-10-28(34)35)36(39,18-35)19-42-32(38)24-16-26-31(44-20-43-26)30-23-8-5-4-7-21(23)15-25(29(24)30)37(40)41/h4-5,7-8,15-16,22,27-28,39H,6,9-14,17-20H2,1-3H3/t22-,27-,28+,34-,35+,36+/m1/s1. The van der Waals surface area contributed by atoms with Crippen LogP contribution in [0.1, 0.15) is 88.9 Å². The van der Waals surface area contributed by atoms with E-state index < -0.39 is 16.5 Å². The average Bonchev–Trinajstić information content (AvgIpc) is 3.54. The van der Waals surface area contributed by atoms with Gasteiger partial charge in [0, 0.05) is 11.5 Å². The van der Waals surface area contributed by atoms with Crippen molar-refractivity contribution in [3.05, 3.63) is 52.1 Å². The highest BCUT2D eigenvalue weighted by molar-refractivity contribution is 6.21. The smallest absolute Gasteiger partial charge is 0.339 e. The predicted octanol–water partition coefficient (Wildman–Crippen LogP) is 7.95. The molecule has 1 N–H and O–H groups in total. The van der Waals surface area contributed by atoms with Crippen molar-refractivity contribution in [2.45, 2.75) is 84.2 Å². The second kappa shape index (κ2) is 9.32. The second-order valence-electron chi connectivity index (χ2n) is 15.5. The minimum atomic E-state index is -1.11. The number of carbonyl (C=O) groups excluding carboxylic acids is 1. The molecule has 1 heterocycles. The monoisotopic (exact) mass is 599 g/mol. The Hall–Kier alpha value is -3.39. The molecular weight excluding hydrogens is 558 g/mol. The van der Waals surface area contributed by atoms with E-state index >= 15 is 0 Å². The lowest BCUT2D eigenvalue weighted by Crippen LogP contribution is -2.55. The topological polar surface area (TPSA) is 108 Å². The minimum absolute atomic E-state index is 0.0401. The van der Waals surface area contributed by atoms with E-state index in [2.05, 4.69) is 20.8 Å². The van der Waals surface area contributed by atoms with Crippen molar-refractivity contribution in [3.8, 4) is 11.5 Å². The lowest BCUT2D eigenvalue weighted by atomic mass is 9.41. The van der Waals surface area contributed by atoms with Crippen LogP contribution in [0.2, 0.25) is 0 Å². The summed E-state index contributed by atoms with van der Waals surface area (Å²) in [6.07, 6.45) is 9.83. The molecule has 1 spiro atoms. The Labute approximate surface area is 257 Å². The number of nitro groups is 1. The zero-order valence-electron chi connectivity index (χ0n) is 25.8. The summed E-state index contributed by atoms with van der Waals surface area (Å²) >= 11 is 0. The van der Waals surface area contributed by atoms with Gasteiger partial charge in [-0.1, -0.05) is 51.5 Å². The Kier molecular flexibility index (Phi) is 5.95. The molecule has 2 bridgehead atoms. The maximum atomic E-state index is 13.9. The van der Waals surface area contributed by atoms with Crippen molar-refractivity contribution in [2.75, 3.05) is 13.4 Å². The summed E-state index contributed by atoms with van der Waals surface area (Å²) in [6, 6.07) is 10.3. The van der Waals surface area contributed by atoms with Crippen LogP contribution in [0.3, 0.4) is 0 Å². The maximum absolute atomic E-state index is 13.9. The van der Waals surface area contributed by atoms with E-state index in [0.717, 1.165) is 31.1 Å². The first-order valence-electron chi connectivity index (χ1n) is 16.3. The molecule has 1 aliphatic heterocycles. The molecule has 44 heavy (non-hydrogen) atoms. The molecular formula is C36H41NO7. The van der Waals surface area contributed by atoms with Gasteiger partial charge in [-0.2, -0.15) is 0 Å². The first-order valence-corrected chi connectivity index (χ1v) is 16.3. The van der Waals surface area contributed by atoms with Gasteiger partial charge in [-0.3, -0.25) is 10.1 Å². The van der Waals surface area contributed by atoms with Crippen molar-refractivity contribution in [2.24, 2.45) is 34.0 Å². The summed E-state index contributed by atoms with van der Waals surface area (Å²) in [7, 11) is 0. The number of benzene rings is 3. The first-order chi connectivity index (χ1) is 21.0. The molecule has 8 heteroatoms. The van der Waals surface area contributed by atoms with Crippen molar-refractivity contribution in [1.82, 2.24) is 0 Å². The third-order valence-corrected chi connectivity index (χ3v) is 12.9. The van der Waals surface area contributed by atoms with Gasteiger partial charge in [-0.15, -0.1) is 0 Å². The normalized spacial score (nSPS) is 34.9. The van der Waals surface area contributed by atoms with Crippen LogP contribution in [0, 0.1) is 44.1 Å². The molecule has 8 rings (SSSR count). The predicted molar refractivity (Wildman–Crippen MR) is 166 cm³/mol. The van der Waals surface area contributed by atoms with Crippen LogP contribution in [0.25, 0.3) is 21.5 Å². The van der Waals surface area contributed by atoms with Crippen molar-refractivity contribution < 1.29 is 29.0 Å². The van der Waals surface area contributed by atoms with Crippen molar-refractivity contribution in [3.63, 3.8) is 0 Å². The number of aliphatic hydroxyl groups is 1. The fourth-order valence-corrected chi connectivity index (χ4v) is 11.3. The maximum Gasteiger partial charge on any atom is 0.339 e. The Morgan fingerprint density at radius 3 is 2.68 bits per heavy atom. The molecule has 0 radical (unpaired) electrons. The largest absolute Gasteiger partial charge is 0.459 e. The van der Waals surface area contributed by atoms with Crippen LogP contribution in [-0.2, 0) is 4.74 Å². The van der Waals surface area contributed by atoms with Gasteiger partial charge in [0.15, 0.2) is 11.5 Å². The second-order valence-corrected chi connectivity index (χ2v) is 15.5. The number of esters is 1. The van der Waals surface area contributed by atoms with Gasteiger partial charge in [-0.25, -0.2) is 4.79 Å². The van der Waals surface area contributed by atoms with Gasteiger partial charge in [-0.05, 0) is 102 Å². The summed E-state index contributed by atoms with van der Waals surface area (Å²) in [6.45, 7) is 7.28. The fourth-order valence-electron chi connectivity index (χ4n) is 11.3. The Morgan fingerprint density at radius 2 is 1.86 bits per heavy atom. The molecule has 4 fully saturated rings. The van der Waals surface area contributed by atoms with Crippen LogP contribution in [0.5, 0.6) is 11.5 Å². The Bertz CT molecular complexity index is 1730. The molecule has 232 valence electrons. The molecule has 6 atom stereocenters. The quantitative estimate of drug-likeness (QED) is 0.140. The molecule has 4 saturated carbocycles. The number of carbonyl (C=O) groups is 1. The SMILES string of the molecule is CC1(C)CCC[C@]2(C)[C@@H]1CC[C@@]13C[C@@H](CC[C@H]12)[C@@](O)(COC(=O)c1cc2c(c4c1c([N+](=O)[O-])cc1ccccc14)OCO2)C3. The molecule has 0 unspecified atom stereocenters. The fraction of sp³-hybridized carbons (Fsp3) is 0.583. The average molecular weight is 600 g/mol. The van der Waals surface area contributed by atoms with Gasteiger partial charge in [0.05, 0.1) is 15.9 Å². The third kappa shape index (κ3) is 3.82. The van der Waals surface area contributed by atoms with E-state index in [4.69, 9.17) is 14.2 Å². The number of hydrogen-bond donors (Lipinski definition) is 1. The highest BCUT2D eigenvalue weighted by atomic mass is 16.7. The zero-order valence-corrected chi connectivity index (χ0v) is 25.8. The zero-order chi connectivity index (χ0) is 30.6. The summed E-state index contributed by atoms with van der Waals surface area (Å²) in [5, 5.41) is 26.5. The van der Waals surface area contributed by atoms with Crippen molar-refractivity contribution in [1.29, 1.82) is 0 Å². The molecule has 5 aliphatic rings. The summed E-state index contributed by atoms with van der Waals surface area (Å²) in [4.78, 5) is 25.7. The van der Waals surface area contributed by atoms with Crippen LogP contribution in [0.15, 0.2) is 36.4 Å². The third-order valence-electron chi connectivity index (χ3n) is 12.9. The summed E-state index contributed by atoms with van der Waals surface area (Å²) in [5.74, 6) is 1.40. The van der Waals surface area contributed by atoms with Gasteiger partial charge in [0.2, 0.25) is 6.79 Å². The van der Waals surface area contributed by atoms with Crippen molar-refractivity contribution >= 4 is 33.2 Å². The van der Waals surface area contributed by atoms with Crippen LogP contribution in [-0.4, -0.2) is 35.0 Å². The number of nitro benzene ring substituents is 1. The highest BCUT2D eigenvalue weighted by Gasteiger charge is 2.67. The summed E-state index contributed by atoms with van der Waals surface area (Å²) in [5.41, 5.74) is -0.549. The highest BCUT2D eigenvalue weighted by Crippen LogP contribution is 2.73. The van der Waals surface area contributed by atoms with E-state index in [1.807, 2.05) is 18.2 Å². The van der Waals surface area contributed by atoms with Gasteiger partial charge in [0.1, 0.15) is 12.2 Å². The minimum Gasteiger partial charge on any atom is -0.459 e. The number of ether oxygens (including phenoxy) is 3. The molecule has 0 saturated heterocycles. The number of nitrogens with zero attached hydrogens (tertiary/aromatic N) is 1. The number of rotatable bonds is 4. The van der Waals surface area contributed by atoms with Gasteiger partial charge >= 0.3 is 5.97 Å². The molecule has 0 aromatic heterocycles. The number of hydrogen-bond acceptors (Lipinski definition) is 7. The summed E-state index contributed by atoms with van der Waals surface area (Å²) < 4.78 is 17.4. The first kappa shape index (κ1) is 28.1. The van der Waals surface area contributed by atoms with E-state index in [1.165, 1.54) is 37.8 Å². The lowest BCUT2D eigenvalue weighted by molar-refractivity contribution is -0.383. The van der Waals surface area contributed by atoms with E-state index in [-0.39, 0.29) is 46.8 Å². The number of non-ortho nitro benzene ring substituents is 1. The van der Waals surface area contributed by atoms with Crippen LogP contribution >= 0.6 is 0 Å². The van der Waals surface area contributed by atoms with Gasteiger partial charge < -0.3 is 19.3 Å². The van der Waals surface area contributed by atoms with E-state index in [1.54, 1.807) is 6.07 Å². The van der Waals surface area contributed by atoms with E-state index in [9.17, 15) is 20.0 Å². The molecule has 3 aromatic carbocycles. The van der Waals surface area contributed by atoms with Crippen LogP contribution < -0.4 is 9.47 Å². The molecule has 4 aliphatic carbocycles. The number of fused-ring (bicyclic) bond motifs is 8. The Balaban J connectivity index is 1.12. The lowest BCUT2D eigenvalue weighted by Gasteiger charge is -2.64. The molecule has 0 amide bonds. The van der Waals surface area contributed by atoms with Crippen LogP contribution in [0.4, 0.5) is 5.69 Å². The molecule has 3 aromatic rings. The van der Waals surface area contributed by atoms with Gasteiger partial charge in [0.25, 0.3) is 5.69 Å².